The van der Waals surface area contributed by atoms with E-state index in [9.17, 15) is 0 Å². The summed E-state index contributed by atoms with van der Waals surface area (Å²) in [4.78, 5) is 20.2. The summed E-state index contributed by atoms with van der Waals surface area (Å²) in [6.07, 6.45) is 5.13. The molecule has 37 heavy (non-hydrogen) atoms. The van der Waals surface area contributed by atoms with Crippen LogP contribution >= 0.6 is 0 Å². The number of aromatic nitrogens is 4. The van der Waals surface area contributed by atoms with Gasteiger partial charge in [0.2, 0.25) is 5.71 Å². The van der Waals surface area contributed by atoms with Gasteiger partial charge in [0, 0.05) is 32.5 Å². The summed E-state index contributed by atoms with van der Waals surface area (Å²) in [7, 11) is 1.64. The second-order valence-electron chi connectivity index (χ2n) is 6.18. The Kier molecular flexibility index (Phi) is 17.9. The van der Waals surface area contributed by atoms with E-state index in [1.807, 2.05) is 111 Å². The van der Waals surface area contributed by atoms with E-state index in [0.717, 1.165) is 22.5 Å². The molecule has 8 nitrogen and oxygen atoms in total. The number of pyridine rings is 2. The Labute approximate surface area is 220 Å². The van der Waals surface area contributed by atoms with E-state index < -0.39 is 0 Å². The molecule has 200 valence electrons. The van der Waals surface area contributed by atoms with Gasteiger partial charge in [-0.15, -0.1) is 0 Å². The third kappa shape index (κ3) is 11.5. The van der Waals surface area contributed by atoms with Crippen LogP contribution in [0.5, 0.6) is 5.75 Å². The van der Waals surface area contributed by atoms with Crippen LogP contribution in [-0.4, -0.2) is 33.3 Å². The molecule has 0 spiro atoms. The maximum atomic E-state index is 5.19. The number of rotatable bonds is 2. The molecule has 0 N–H and O–H groups in total. The predicted octanol–water partition coefficient (Wildman–Crippen LogP) is 8.56. The van der Waals surface area contributed by atoms with E-state index in [2.05, 4.69) is 24.9 Å². The number of aliphatic imine (C=N–C) groups is 1. The lowest BCUT2D eigenvalue weighted by atomic mass is 10.3. The van der Waals surface area contributed by atoms with Crippen molar-refractivity contribution in [3.05, 3.63) is 72.7 Å². The number of para-hydroxylation sites is 2. The van der Waals surface area contributed by atoms with Gasteiger partial charge in [-0.3, -0.25) is 4.99 Å². The smallest absolute Gasteiger partial charge is 0.246 e. The van der Waals surface area contributed by atoms with Crippen LogP contribution in [-0.2, 0) is 0 Å². The van der Waals surface area contributed by atoms with Gasteiger partial charge in [0.15, 0.2) is 23.0 Å². The lowest BCUT2D eigenvalue weighted by molar-refractivity contribution is 0.416. The lowest BCUT2D eigenvalue weighted by Gasteiger charge is -2.01. The molecule has 4 heterocycles. The molecule has 0 fully saturated rings. The summed E-state index contributed by atoms with van der Waals surface area (Å²) in [5.41, 5.74) is 3.73. The molecule has 0 bridgehead atoms. The molecule has 1 aromatic carbocycles. The molecule has 0 aliphatic carbocycles. The van der Waals surface area contributed by atoms with Crippen LogP contribution in [0.1, 0.15) is 60.2 Å². The first-order valence-electron chi connectivity index (χ1n) is 12.6. The molecule has 0 radical (unpaired) electrons. The third-order valence-electron chi connectivity index (χ3n) is 3.90. The number of benzene rings is 1. The minimum atomic E-state index is 0.611. The van der Waals surface area contributed by atoms with Crippen molar-refractivity contribution >= 4 is 34.4 Å². The molecular weight excluding hydrogens is 466 g/mol. The first-order valence-corrected chi connectivity index (χ1v) is 12.6. The zero-order valence-electron chi connectivity index (χ0n) is 23.8. The molecule has 0 atom stereocenters. The minimum absolute atomic E-state index is 0.611. The normalized spacial score (nSPS) is 9.24. The standard InChI is InChI=1S/C9H11NO.2C7H6N2O.3C2H6/c1-3-10-8-6-4-5-7-9(8)11-2;1-5-9-7-6(10-5)3-2-4-8-7;1-5-9-6-3-2-4-8-7(6)10-5;3*1-2/h3-7H,1-2H3;2*2-4H,1H3;3*1-2H3. The monoisotopic (exact) mass is 507 g/mol. The molecule has 0 saturated heterocycles. The van der Waals surface area contributed by atoms with Gasteiger partial charge in [-0.1, -0.05) is 53.7 Å². The summed E-state index contributed by atoms with van der Waals surface area (Å²) in [6.45, 7) is 17.5. The highest BCUT2D eigenvalue weighted by Crippen LogP contribution is 2.25. The van der Waals surface area contributed by atoms with Crippen LogP contribution in [0.2, 0.25) is 0 Å². The van der Waals surface area contributed by atoms with Crippen molar-refractivity contribution in [2.45, 2.75) is 62.3 Å². The minimum Gasteiger partial charge on any atom is -0.494 e. The van der Waals surface area contributed by atoms with E-state index in [0.29, 0.717) is 23.1 Å². The number of aryl methyl sites for hydroxylation is 2. The fraction of sp³-hybridized carbons (Fsp3) is 0.345. The quantitative estimate of drug-likeness (QED) is 0.221. The SMILES string of the molecule is CC.CC.CC.CC=Nc1ccccc1OC.Cc1nc2cccnc2o1.Cc1nc2ncccc2o1. The van der Waals surface area contributed by atoms with E-state index in [4.69, 9.17) is 13.6 Å². The molecule has 5 rings (SSSR count). The molecule has 0 saturated carbocycles. The average Bonchev–Trinajstić information content (AvgIpc) is 3.53. The van der Waals surface area contributed by atoms with Gasteiger partial charge < -0.3 is 13.6 Å². The van der Waals surface area contributed by atoms with Crippen molar-refractivity contribution in [2.75, 3.05) is 7.11 Å². The highest BCUT2D eigenvalue weighted by Gasteiger charge is 2.00. The van der Waals surface area contributed by atoms with Gasteiger partial charge in [-0.05, 0) is 43.3 Å². The first-order chi connectivity index (χ1) is 18.1. The number of methoxy groups -OCH3 is 1. The molecule has 0 aliphatic heterocycles. The highest BCUT2D eigenvalue weighted by atomic mass is 16.5. The summed E-state index contributed by atoms with van der Waals surface area (Å²) in [6, 6.07) is 15.1. The van der Waals surface area contributed by atoms with Crippen LogP contribution in [0.15, 0.2) is 74.8 Å². The van der Waals surface area contributed by atoms with Crippen molar-refractivity contribution in [3.8, 4) is 5.75 Å². The van der Waals surface area contributed by atoms with Crippen molar-refractivity contribution in [3.63, 3.8) is 0 Å². The average molecular weight is 508 g/mol. The molecule has 0 amide bonds. The van der Waals surface area contributed by atoms with Gasteiger partial charge in [0.25, 0.3) is 0 Å². The van der Waals surface area contributed by atoms with Gasteiger partial charge in [0.1, 0.15) is 17.0 Å². The first kappa shape index (κ1) is 32.9. The van der Waals surface area contributed by atoms with E-state index in [1.54, 1.807) is 25.7 Å². The number of nitrogens with zero attached hydrogens (tertiary/aromatic N) is 5. The van der Waals surface area contributed by atoms with Crippen LogP contribution in [0.25, 0.3) is 22.5 Å². The Bertz CT molecular complexity index is 1140. The highest BCUT2D eigenvalue weighted by molar-refractivity contribution is 5.67. The zero-order chi connectivity index (χ0) is 28.1. The molecule has 4 aromatic heterocycles. The van der Waals surface area contributed by atoms with Gasteiger partial charge in [-0.25, -0.2) is 15.0 Å². The second kappa shape index (κ2) is 20.2. The second-order valence-corrected chi connectivity index (χ2v) is 6.18. The van der Waals surface area contributed by atoms with Gasteiger partial charge in [-0.2, -0.15) is 4.98 Å². The van der Waals surface area contributed by atoms with E-state index in [-0.39, 0.29) is 0 Å². The van der Waals surface area contributed by atoms with Crippen molar-refractivity contribution in [1.29, 1.82) is 0 Å². The fourth-order valence-electron chi connectivity index (χ4n) is 2.63. The number of ether oxygens (including phenoxy) is 1. The van der Waals surface area contributed by atoms with Crippen LogP contribution in [0, 0.1) is 13.8 Å². The summed E-state index contributed by atoms with van der Waals surface area (Å²) < 4.78 is 15.4. The Morgan fingerprint density at radius 1 is 0.757 bits per heavy atom. The molecule has 5 aromatic rings. The summed E-state index contributed by atoms with van der Waals surface area (Å²) in [5.74, 6) is 2.13. The Morgan fingerprint density at radius 3 is 2.00 bits per heavy atom. The molecule has 0 unspecified atom stereocenters. The number of fused-ring (bicyclic) bond motifs is 2. The maximum absolute atomic E-state index is 5.19. The van der Waals surface area contributed by atoms with Crippen molar-refractivity contribution in [1.82, 2.24) is 19.9 Å². The Morgan fingerprint density at radius 2 is 1.38 bits per heavy atom. The van der Waals surface area contributed by atoms with E-state index in [1.165, 1.54) is 0 Å². The largest absolute Gasteiger partial charge is 0.494 e. The number of hydrogen-bond donors (Lipinski definition) is 0. The van der Waals surface area contributed by atoms with Crippen LogP contribution in [0.4, 0.5) is 5.69 Å². The Balaban J connectivity index is 0.000000476. The molecule has 8 heteroatoms. The molecule has 0 aliphatic rings. The zero-order valence-corrected chi connectivity index (χ0v) is 23.8. The number of hydrogen-bond acceptors (Lipinski definition) is 8. The van der Waals surface area contributed by atoms with Crippen molar-refractivity contribution in [2.24, 2.45) is 4.99 Å². The van der Waals surface area contributed by atoms with Crippen molar-refractivity contribution < 1.29 is 13.6 Å². The summed E-state index contributed by atoms with van der Waals surface area (Å²) >= 11 is 0. The Hall–Kier alpha value is -4.07. The number of oxazole rings is 2. The van der Waals surface area contributed by atoms with Gasteiger partial charge in [0.05, 0.1) is 7.11 Å². The van der Waals surface area contributed by atoms with Gasteiger partial charge >= 0.3 is 0 Å². The fourth-order valence-corrected chi connectivity index (χ4v) is 2.63. The topological polar surface area (TPSA) is 99.4 Å². The maximum Gasteiger partial charge on any atom is 0.246 e. The molecular formula is C29H41N5O3. The summed E-state index contributed by atoms with van der Waals surface area (Å²) in [5, 5.41) is 0. The van der Waals surface area contributed by atoms with Crippen LogP contribution < -0.4 is 4.74 Å². The predicted molar refractivity (Wildman–Crippen MR) is 154 cm³/mol. The van der Waals surface area contributed by atoms with E-state index >= 15 is 0 Å². The third-order valence-corrected chi connectivity index (χ3v) is 3.90. The lowest BCUT2D eigenvalue weighted by Crippen LogP contribution is -1.81. The van der Waals surface area contributed by atoms with Crippen LogP contribution in [0.3, 0.4) is 0 Å².